The topological polar surface area (TPSA) is 56.7 Å². The Hall–Kier alpha value is -8.41. The van der Waals surface area contributed by atoms with Crippen LogP contribution in [0.15, 0.2) is 223 Å². The smallest absolute Gasteiger partial charge is 0.164 e. The summed E-state index contributed by atoms with van der Waals surface area (Å²) in [6, 6.07) is 76.3. The molecule has 62 heavy (non-hydrogen) atoms. The number of aromatic nitrogens is 4. The standard InChI is InChI=1S/C57H36N4O/c1-4-16-37(17-5-1)38-28-30-39(31-29-38)42-32-33-47(57-59-55(40-18-6-2-7-19-40)58-56(60-57)41-20-8-3-9-21-41)48(34-42)50-36-43(35-49-46-24-12-15-27-53(46)62-54(49)50)61-51-25-13-10-22-44(51)45-23-11-14-26-52(45)61/h1-36H. The van der Waals surface area contributed by atoms with Crippen LogP contribution in [0.25, 0.3) is 117 Å². The second kappa shape index (κ2) is 14.7. The van der Waals surface area contributed by atoms with Gasteiger partial charge in [0.1, 0.15) is 11.2 Å². The first-order valence-electron chi connectivity index (χ1n) is 20.8. The van der Waals surface area contributed by atoms with Crippen molar-refractivity contribution in [3.05, 3.63) is 218 Å². The molecule has 5 heteroatoms. The fraction of sp³-hybridized carbons (Fsp3) is 0. The van der Waals surface area contributed by atoms with Crippen molar-refractivity contribution in [2.75, 3.05) is 0 Å². The summed E-state index contributed by atoms with van der Waals surface area (Å²) in [7, 11) is 0. The van der Waals surface area contributed by atoms with E-state index in [9.17, 15) is 0 Å². The second-order valence-corrected chi connectivity index (χ2v) is 15.6. The van der Waals surface area contributed by atoms with E-state index in [4.69, 9.17) is 19.4 Å². The molecule has 0 saturated carbocycles. The van der Waals surface area contributed by atoms with Crippen molar-refractivity contribution in [3.8, 4) is 73.2 Å². The van der Waals surface area contributed by atoms with Crippen LogP contribution >= 0.6 is 0 Å². The van der Waals surface area contributed by atoms with Crippen molar-refractivity contribution in [2.45, 2.75) is 0 Å². The third-order valence-corrected chi connectivity index (χ3v) is 11.9. The van der Waals surface area contributed by atoms with E-state index in [1.807, 2.05) is 72.8 Å². The Morgan fingerprint density at radius 1 is 0.306 bits per heavy atom. The highest BCUT2D eigenvalue weighted by Gasteiger charge is 2.23. The molecule has 0 bridgehead atoms. The second-order valence-electron chi connectivity index (χ2n) is 15.6. The maximum absolute atomic E-state index is 6.91. The first-order valence-corrected chi connectivity index (χ1v) is 20.8. The van der Waals surface area contributed by atoms with E-state index in [-0.39, 0.29) is 0 Å². The molecule has 12 aromatic rings. The number of para-hydroxylation sites is 3. The van der Waals surface area contributed by atoms with Gasteiger partial charge in [0.25, 0.3) is 0 Å². The maximum atomic E-state index is 6.91. The zero-order valence-corrected chi connectivity index (χ0v) is 33.5. The molecule has 0 unspecified atom stereocenters. The van der Waals surface area contributed by atoms with Gasteiger partial charge in [0.2, 0.25) is 0 Å². The van der Waals surface area contributed by atoms with Crippen LogP contribution in [0.4, 0.5) is 0 Å². The van der Waals surface area contributed by atoms with Gasteiger partial charge in [0.15, 0.2) is 17.5 Å². The third-order valence-electron chi connectivity index (χ3n) is 11.9. The highest BCUT2D eigenvalue weighted by molar-refractivity contribution is 6.14. The molecule has 0 radical (unpaired) electrons. The zero-order valence-electron chi connectivity index (χ0n) is 33.5. The van der Waals surface area contributed by atoms with Crippen molar-refractivity contribution in [1.82, 2.24) is 19.5 Å². The lowest BCUT2D eigenvalue weighted by atomic mass is 9.92. The van der Waals surface area contributed by atoms with Crippen molar-refractivity contribution in [1.29, 1.82) is 0 Å². The van der Waals surface area contributed by atoms with Gasteiger partial charge in [-0.05, 0) is 70.3 Å². The summed E-state index contributed by atoms with van der Waals surface area (Å²) in [5, 5.41) is 4.49. The van der Waals surface area contributed by atoms with E-state index in [2.05, 4.69) is 150 Å². The lowest BCUT2D eigenvalue weighted by Crippen LogP contribution is -2.01. The van der Waals surface area contributed by atoms with Gasteiger partial charge in [-0.15, -0.1) is 0 Å². The molecule has 0 spiro atoms. The summed E-state index contributed by atoms with van der Waals surface area (Å²) in [6.45, 7) is 0. The SMILES string of the molecule is c1ccc(-c2ccc(-c3ccc(-c4nc(-c5ccccc5)nc(-c5ccccc5)n4)c(-c4cc(-n5c6ccccc6c6ccccc65)cc5c4oc4ccccc45)c3)cc2)cc1. The molecule has 0 aliphatic carbocycles. The number of fused-ring (bicyclic) bond motifs is 6. The van der Waals surface area contributed by atoms with Gasteiger partial charge in [0.05, 0.1) is 11.0 Å². The van der Waals surface area contributed by atoms with E-state index >= 15 is 0 Å². The van der Waals surface area contributed by atoms with Crippen LogP contribution < -0.4 is 0 Å². The Kier molecular flexibility index (Phi) is 8.42. The Bertz CT molecular complexity index is 3500. The lowest BCUT2D eigenvalue weighted by molar-refractivity contribution is 0.670. The van der Waals surface area contributed by atoms with Crippen LogP contribution in [0.3, 0.4) is 0 Å². The Morgan fingerprint density at radius 2 is 0.774 bits per heavy atom. The average molecular weight is 793 g/mol. The molecule has 0 aliphatic heterocycles. The molecule has 5 nitrogen and oxygen atoms in total. The van der Waals surface area contributed by atoms with Crippen LogP contribution in [0.5, 0.6) is 0 Å². The molecule has 0 fully saturated rings. The van der Waals surface area contributed by atoms with Gasteiger partial charge in [0, 0.05) is 49.5 Å². The molecule has 12 rings (SSSR count). The Labute approximate surface area is 357 Å². The monoisotopic (exact) mass is 792 g/mol. The molecule has 290 valence electrons. The molecule has 9 aromatic carbocycles. The van der Waals surface area contributed by atoms with Crippen molar-refractivity contribution >= 4 is 43.7 Å². The van der Waals surface area contributed by atoms with E-state index in [0.717, 1.165) is 77.6 Å². The van der Waals surface area contributed by atoms with E-state index < -0.39 is 0 Å². The third kappa shape index (κ3) is 6.06. The molecule has 0 amide bonds. The number of rotatable bonds is 7. The van der Waals surface area contributed by atoms with Gasteiger partial charge >= 0.3 is 0 Å². The molecule has 0 aliphatic rings. The highest BCUT2D eigenvalue weighted by atomic mass is 16.3. The normalized spacial score (nSPS) is 11.5. The predicted octanol–water partition coefficient (Wildman–Crippen LogP) is 14.9. The van der Waals surface area contributed by atoms with E-state index in [1.165, 1.54) is 21.9 Å². The first-order chi connectivity index (χ1) is 30.7. The molecule has 0 saturated heterocycles. The quantitative estimate of drug-likeness (QED) is 0.161. The number of hydrogen-bond donors (Lipinski definition) is 0. The van der Waals surface area contributed by atoms with Crippen LogP contribution in [-0.2, 0) is 0 Å². The Morgan fingerprint density at radius 3 is 1.39 bits per heavy atom. The fourth-order valence-electron chi connectivity index (χ4n) is 8.90. The largest absolute Gasteiger partial charge is 0.455 e. The summed E-state index contributed by atoms with van der Waals surface area (Å²) < 4.78 is 9.29. The number of benzene rings is 9. The minimum Gasteiger partial charge on any atom is -0.455 e. The molecule has 3 aromatic heterocycles. The van der Waals surface area contributed by atoms with Crippen molar-refractivity contribution < 1.29 is 4.42 Å². The summed E-state index contributed by atoms with van der Waals surface area (Å²) in [4.78, 5) is 15.5. The molecular weight excluding hydrogens is 757 g/mol. The minimum absolute atomic E-state index is 0.574. The van der Waals surface area contributed by atoms with Gasteiger partial charge in [-0.3, -0.25) is 0 Å². The van der Waals surface area contributed by atoms with Gasteiger partial charge in [-0.1, -0.05) is 176 Å². The molecule has 0 atom stereocenters. The van der Waals surface area contributed by atoms with Crippen LogP contribution in [-0.4, -0.2) is 19.5 Å². The molecule has 0 N–H and O–H groups in total. The number of nitrogens with zero attached hydrogens (tertiary/aromatic N) is 4. The van der Waals surface area contributed by atoms with E-state index in [1.54, 1.807) is 0 Å². The van der Waals surface area contributed by atoms with E-state index in [0.29, 0.717) is 17.5 Å². The average Bonchev–Trinajstić information content (AvgIpc) is 3.90. The fourth-order valence-corrected chi connectivity index (χ4v) is 8.90. The number of furan rings is 1. The molecular formula is C57H36N4O. The summed E-state index contributed by atoms with van der Waals surface area (Å²) in [6.07, 6.45) is 0. The van der Waals surface area contributed by atoms with Crippen LogP contribution in [0, 0.1) is 0 Å². The lowest BCUT2D eigenvalue weighted by Gasteiger charge is -2.16. The van der Waals surface area contributed by atoms with Gasteiger partial charge in [-0.2, -0.15) is 0 Å². The summed E-state index contributed by atoms with van der Waals surface area (Å²) >= 11 is 0. The number of hydrogen-bond acceptors (Lipinski definition) is 4. The van der Waals surface area contributed by atoms with Crippen molar-refractivity contribution in [3.63, 3.8) is 0 Å². The predicted molar refractivity (Wildman–Crippen MR) is 254 cm³/mol. The first kappa shape index (κ1) is 35.5. The van der Waals surface area contributed by atoms with Crippen LogP contribution in [0.2, 0.25) is 0 Å². The summed E-state index contributed by atoms with van der Waals surface area (Å²) in [5.74, 6) is 1.79. The van der Waals surface area contributed by atoms with Crippen LogP contribution in [0.1, 0.15) is 0 Å². The van der Waals surface area contributed by atoms with Gasteiger partial charge in [-0.25, -0.2) is 15.0 Å². The van der Waals surface area contributed by atoms with Gasteiger partial charge < -0.3 is 8.98 Å². The molecule has 3 heterocycles. The maximum Gasteiger partial charge on any atom is 0.164 e. The summed E-state index contributed by atoms with van der Waals surface area (Å²) in [5.41, 5.74) is 14.0. The Balaban J connectivity index is 1.16. The zero-order chi connectivity index (χ0) is 41.0. The highest BCUT2D eigenvalue weighted by Crippen LogP contribution is 2.44. The van der Waals surface area contributed by atoms with Crippen molar-refractivity contribution in [2.24, 2.45) is 0 Å². The minimum atomic E-state index is 0.574.